The fourth-order valence-electron chi connectivity index (χ4n) is 3.19. The number of benzene rings is 3. The van der Waals surface area contributed by atoms with E-state index in [2.05, 4.69) is 0 Å². The summed E-state index contributed by atoms with van der Waals surface area (Å²) in [5.74, 6) is -2.44. The first-order valence-electron chi connectivity index (χ1n) is 11.2. The van der Waals surface area contributed by atoms with E-state index in [0.717, 1.165) is 11.6 Å². The molecule has 5 rings (SSSR count). The third-order valence-corrected chi connectivity index (χ3v) is 5.41. The fourth-order valence-corrected chi connectivity index (χ4v) is 3.53. The molecule has 5 aromatic rings. The van der Waals surface area contributed by atoms with Crippen LogP contribution in [0.1, 0.15) is 5.56 Å². The van der Waals surface area contributed by atoms with Crippen LogP contribution in [0.4, 0.5) is 18.9 Å². The molecule has 214 valence electrons. The number of aliphatic carboxylic acids is 1. The molecule has 0 saturated heterocycles. The average Bonchev–Trinajstić information content (AvgIpc) is 2.88. The van der Waals surface area contributed by atoms with E-state index in [1.54, 1.807) is 36.4 Å². The van der Waals surface area contributed by atoms with Crippen LogP contribution in [0, 0.1) is 0 Å². The van der Waals surface area contributed by atoms with Crippen LogP contribution in [0.25, 0.3) is 21.9 Å². The summed E-state index contributed by atoms with van der Waals surface area (Å²) < 4.78 is 47.4. The van der Waals surface area contributed by atoms with Crippen LogP contribution in [0.3, 0.4) is 0 Å². The summed E-state index contributed by atoms with van der Waals surface area (Å²) in [5.41, 5.74) is 7.03. The van der Waals surface area contributed by atoms with Gasteiger partial charge in [-0.1, -0.05) is 35.3 Å². The lowest BCUT2D eigenvalue weighted by molar-refractivity contribution is -0.192. The lowest BCUT2D eigenvalue weighted by atomic mass is 10.2. The predicted molar refractivity (Wildman–Crippen MR) is 146 cm³/mol. The van der Waals surface area contributed by atoms with Gasteiger partial charge in [-0.25, -0.2) is 14.4 Å². The molecule has 0 unspecified atom stereocenters. The number of carboxylic acid groups (broad SMARTS) is 1. The summed E-state index contributed by atoms with van der Waals surface area (Å²) in [6.07, 6.45) is -5.08. The van der Waals surface area contributed by atoms with E-state index in [-0.39, 0.29) is 5.75 Å². The molecule has 41 heavy (non-hydrogen) atoms. The molecule has 0 aliphatic heterocycles. The van der Waals surface area contributed by atoms with E-state index in [1.807, 2.05) is 18.2 Å². The van der Waals surface area contributed by atoms with Gasteiger partial charge in [0.05, 0.1) is 22.9 Å². The maximum absolute atomic E-state index is 11.6. The maximum atomic E-state index is 11.6. The van der Waals surface area contributed by atoms with E-state index in [0.29, 0.717) is 50.0 Å². The number of carboxylic acids is 1. The Bertz CT molecular complexity index is 1820. The normalized spacial score (nSPS) is 10.8. The van der Waals surface area contributed by atoms with Crippen molar-refractivity contribution in [2.75, 3.05) is 5.73 Å². The smallest absolute Gasteiger partial charge is 0.490 e. The lowest BCUT2D eigenvalue weighted by Crippen LogP contribution is -2.21. The highest BCUT2D eigenvalue weighted by Gasteiger charge is 2.38. The van der Waals surface area contributed by atoms with Gasteiger partial charge >= 0.3 is 23.4 Å². The van der Waals surface area contributed by atoms with E-state index in [1.165, 1.54) is 12.1 Å². The second-order valence-corrected chi connectivity index (χ2v) is 8.87. The van der Waals surface area contributed by atoms with Gasteiger partial charge in [0.2, 0.25) is 0 Å². The first-order chi connectivity index (χ1) is 19.2. The molecule has 0 aliphatic carbocycles. The molecule has 2 heterocycles. The van der Waals surface area contributed by atoms with Crippen LogP contribution < -0.4 is 21.7 Å². The van der Waals surface area contributed by atoms with Crippen molar-refractivity contribution in [1.82, 2.24) is 0 Å². The molecule has 3 aromatic carbocycles. The number of carbonyl (C=O) groups is 1. The van der Waals surface area contributed by atoms with Crippen molar-refractivity contribution in [3.05, 3.63) is 109 Å². The molecule has 0 saturated carbocycles. The number of nitrogen functional groups attached to an aromatic ring is 1. The van der Waals surface area contributed by atoms with E-state index in [4.69, 9.17) is 52.4 Å². The summed E-state index contributed by atoms with van der Waals surface area (Å²) in [5, 5.41) is 18.6. The average molecular weight is 612 g/mol. The SMILES string of the molecule is Nc1cccc(COc2cc(=O)oc3ccc(Cl)cc23)c1.O=C(O)C(F)(F)F.O=c1cc(O)c2cc(Cl)ccc2o1. The van der Waals surface area contributed by atoms with Crippen LogP contribution in [0.5, 0.6) is 11.5 Å². The minimum Gasteiger partial charge on any atom is -0.507 e. The van der Waals surface area contributed by atoms with Crippen LogP contribution in [0.2, 0.25) is 10.0 Å². The molecule has 4 N–H and O–H groups in total. The Hall–Kier alpha value is -4.68. The molecule has 14 heteroatoms. The maximum Gasteiger partial charge on any atom is 0.490 e. The quantitative estimate of drug-likeness (QED) is 0.155. The molecular formula is C27H18Cl2F3NO8. The molecule has 0 aliphatic rings. The number of hydrogen-bond acceptors (Lipinski definition) is 8. The van der Waals surface area contributed by atoms with E-state index >= 15 is 0 Å². The van der Waals surface area contributed by atoms with Gasteiger partial charge in [-0.2, -0.15) is 13.2 Å². The number of anilines is 1. The van der Waals surface area contributed by atoms with Crippen molar-refractivity contribution in [3.8, 4) is 11.5 Å². The summed E-state index contributed by atoms with van der Waals surface area (Å²) >= 11 is 11.7. The summed E-state index contributed by atoms with van der Waals surface area (Å²) in [4.78, 5) is 31.3. The van der Waals surface area contributed by atoms with E-state index in [9.17, 15) is 27.9 Å². The van der Waals surface area contributed by atoms with Crippen LogP contribution in [0.15, 0.2) is 91.2 Å². The van der Waals surface area contributed by atoms with Gasteiger partial charge in [-0.15, -0.1) is 0 Å². The van der Waals surface area contributed by atoms with Crippen molar-refractivity contribution < 1.29 is 41.8 Å². The van der Waals surface area contributed by atoms with Gasteiger partial charge in [-0.3, -0.25) is 0 Å². The Morgan fingerprint density at radius 2 is 1.39 bits per heavy atom. The van der Waals surface area contributed by atoms with Crippen LogP contribution in [-0.4, -0.2) is 22.4 Å². The summed E-state index contributed by atoms with van der Waals surface area (Å²) in [6, 6.07) is 19.4. The molecule has 0 amide bonds. The highest BCUT2D eigenvalue weighted by atomic mass is 35.5. The van der Waals surface area contributed by atoms with Crippen molar-refractivity contribution in [2.24, 2.45) is 0 Å². The van der Waals surface area contributed by atoms with Gasteiger partial charge in [-0.05, 0) is 54.1 Å². The first-order valence-corrected chi connectivity index (χ1v) is 11.9. The first kappa shape index (κ1) is 30.9. The zero-order chi connectivity index (χ0) is 30.3. The Morgan fingerprint density at radius 3 is 1.95 bits per heavy atom. The van der Waals surface area contributed by atoms with Crippen molar-refractivity contribution in [1.29, 1.82) is 0 Å². The Morgan fingerprint density at radius 1 is 0.854 bits per heavy atom. The summed E-state index contributed by atoms with van der Waals surface area (Å²) in [7, 11) is 0. The second kappa shape index (κ2) is 13.1. The molecule has 9 nitrogen and oxygen atoms in total. The lowest BCUT2D eigenvalue weighted by Gasteiger charge is -2.09. The topological polar surface area (TPSA) is 153 Å². The molecule has 0 atom stereocenters. The van der Waals surface area contributed by atoms with Gasteiger partial charge in [0.25, 0.3) is 0 Å². The fraction of sp³-hybridized carbons (Fsp3) is 0.0741. The highest BCUT2D eigenvalue weighted by molar-refractivity contribution is 6.31. The third kappa shape index (κ3) is 8.92. The molecule has 0 bridgehead atoms. The van der Waals surface area contributed by atoms with Crippen molar-refractivity contribution >= 4 is 56.8 Å². The van der Waals surface area contributed by atoms with Crippen molar-refractivity contribution in [2.45, 2.75) is 12.8 Å². The van der Waals surface area contributed by atoms with Gasteiger partial charge in [0.1, 0.15) is 29.3 Å². The Kier molecular flexibility index (Phi) is 9.87. The third-order valence-electron chi connectivity index (χ3n) is 4.94. The molecule has 0 radical (unpaired) electrons. The zero-order valence-corrected chi connectivity index (χ0v) is 22.0. The predicted octanol–water partition coefficient (Wildman–Crippen LogP) is 6.39. The summed E-state index contributed by atoms with van der Waals surface area (Å²) in [6.45, 7) is 0.302. The molecule has 0 spiro atoms. The number of halogens is 5. The number of nitrogens with two attached hydrogens (primary N) is 1. The zero-order valence-electron chi connectivity index (χ0n) is 20.4. The number of rotatable bonds is 3. The van der Waals surface area contributed by atoms with Crippen LogP contribution in [-0.2, 0) is 11.4 Å². The minimum atomic E-state index is -5.08. The number of fused-ring (bicyclic) bond motifs is 2. The van der Waals surface area contributed by atoms with Gasteiger partial charge < -0.3 is 29.5 Å². The Labute approximate surface area is 237 Å². The second-order valence-electron chi connectivity index (χ2n) is 8.00. The molecule has 0 fully saturated rings. The number of alkyl halides is 3. The monoisotopic (exact) mass is 611 g/mol. The number of aromatic hydroxyl groups is 1. The van der Waals surface area contributed by atoms with Gasteiger partial charge in [0, 0.05) is 15.7 Å². The molecular weight excluding hydrogens is 594 g/mol. The largest absolute Gasteiger partial charge is 0.507 e. The standard InChI is InChI=1S/C16H12ClNO3.C9H5ClO3.C2HF3O2/c17-11-4-5-14-13(7-11)15(8-16(19)21-14)20-9-10-2-1-3-12(18)6-10;10-5-1-2-8-6(3-5)7(11)4-9(12)13-8;3-2(4,5)1(6)7/h1-8H,9,18H2;1-4,11H;(H,6,7). The Balaban J connectivity index is 0.000000196. The number of hydrogen-bond donors (Lipinski definition) is 3. The minimum absolute atomic E-state index is 0.117. The number of ether oxygens (including phenoxy) is 1. The van der Waals surface area contributed by atoms with Gasteiger partial charge in [0.15, 0.2) is 0 Å². The molecule has 2 aromatic heterocycles. The van der Waals surface area contributed by atoms with Crippen molar-refractivity contribution in [3.63, 3.8) is 0 Å². The van der Waals surface area contributed by atoms with Crippen LogP contribution >= 0.6 is 23.2 Å². The highest BCUT2D eigenvalue weighted by Crippen LogP contribution is 2.28. The van der Waals surface area contributed by atoms with E-state index < -0.39 is 23.4 Å².